The smallest absolute Gasteiger partial charge is 0.231 e. The van der Waals surface area contributed by atoms with Crippen molar-refractivity contribution >= 4 is 22.1 Å². The van der Waals surface area contributed by atoms with Crippen molar-refractivity contribution in [1.29, 1.82) is 0 Å². The number of hydrogen-bond donors (Lipinski definition) is 0. The van der Waals surface area contributed by atoms with E-state index in [1.54, 1.807) is 0 Å². The Morgan fingerprint density at radius 1 is 0.327 bits per heavy atom. The van der Waals surface area contributed by atoms with E-state index in [0.717, 1.165) is 55.4 Å². The fourth-order valence-electron chi connectivity index (χ4n) is 6.13. The van der Waals surface area contributed by atoms with Gasteiger partial charge in [-0.3, -0.25) is 0 Å². The molecule has 0 aliphatic rings. The molecule has 3 aromatic heterocycles. The van der Waals surface area contributed by atoms with E-state index < -0.39 is 0 Å². The first-order valence-electron chi connectivity index (χ1n) is 16.1. The number of rotatable bonds is 6. The molecule has 0 amide bonds. The van der Waals surface area contributed by atoms with Gasteiger partial charge >= 0.3 is 0 Å². The summed E-state index contributed by atoms with van der Waals surface area (Å²) in [6, 6.07) is 54.9. The molecule has 9 rings (SSSR count). The van der Waals surface area contributed by atoms with E-state index in [9.17, 15) is 0 Å². The number of benzene rings is 6. The van der Waals surface area contributed by atoms with Gasteiger partial charge in [0.25, 0.3) is 0 Å². The molecule has 0 saturated heterocycles. The van der Waals surface area contributed by atoms with Crippen LogP contribution in [0.3, 0.4) is 0 Å². The van der Waals surface area contributed by atoms with Crippen molar-refractivity contribution in [2.24, 2.45) is 0 Å². The van der Waals surface area contributed by atoms with Crippen LogP contribution in [0.15, 0.2) is 168 Å². The Bertz CT molecular complexity index is 2570. The highest BCUT2D eigenvalue weighted by molar-refractivity contribution is 6.11. The maximum absolute atomic E-state index is 6.50. The van der Waals surface area contributed by atoms with Crippen LogP contribution < -0.4 is 0 Å². The van der Waals surface area contributed by atoms with Gasteiger partial charge in [0.05, 0.1) is 11.1 Å². The minimum atomic E-state index is 0.527. The van der Waals surface area contributed by atoms with E-state index in [1.807, 2.05) is 109 Å². The molecule has 9 aromatic rings. The zero-order chi connectivity index (χ0) is 32.6. The van der Waals surface area contributed by atoms with Gasteiger partial charge in [-0.1, -0.05) is 152 Å². The largest absolute Gasteiger partial charge is 0.438 e. The van der Waals surface area contributed by atoms with Crippen molar-refractivity contribution in [3.05, 3.63) is 164 Å². The fraction of sp³-hybridized carbons (Fsp3) is 0. The van der Waals surface area contributed by atoms with Crippen LogP contribution >= 0.6 is 0 Å². The van der Waals surface area contributed by atoms with Crippen molar-refractivity contribution < 1.29 is 4.42 Å². The maximum atomic E-state index is 6.50. The van der Waals surface area contributed by atoms with Crippen LogP contribution in [-0.2, 0) is 0 Å². The minimum Gasteiger partial charge on any atom is -0.438 e. The second-order valence-electron chi connectivity index (χ2n) is 11.7. The Hall–Kier alpha value is -6.79. The summed E-state index contributed by atoms with van der Waals surface area (Å²) in [4.78, 5) is 24.8. The SMILES string of the molecule is c1ccc(-c2ccc(-c3nc(-c4ccccc4)nc(-c4ccc5c(c4)oc4nc(-c6ccccc6)nc(-c6ccccc6)c45)n3)cc2)cc1. The van der Waals surface area contributed by atoms with Gasteiger partial charge in [0.1, 0.15) is 5.58 Å². The van der Waals surface area contributed by atoms with Gasteiger partial charge in [0.2, 0.25) is 5.71 Å². The molecule has 0 saturated carbocycles. The van der Waals surface area contributed by atoms with E-state index in [1.165, 1.54) is 0 Å². The summed E-state index contributed by atoms with van der Waals surface area (Å²) in [5.74, 6) is 2.36. The predicted molar refractivity (Wildman–Crippen MR) is 195 cm³/mol. The summed E-state index contributed by atoms with van der Waals surface area (Å²) in [5, 5.41) is 1.79. The zero-order valence-corrected chi connectivity index (χ0v) is 26.2. The van der Waals surface area contributed by atoms with Gasteiger partial charge in [-0.2, -0.15) is 4.98 Å². The summed E-state index contributed by atoms with van der Waals surface area (Å²) < 4.78 is 6.50. The fourth-order valence-corrected chi connectivity index (χ4v) is 6.13. The third kappa shape index (κ3) is 5.41. The topological polar surface area (TPSA) is 77.6 Å². The van der Waals surface area contributed by atoms with Gasteiger partial charge in [-0.05, 0) is 23.3 Å². The number of hydrogen-bond acceptors (Lipinski definition) is 6. The van der Waals surface area contributed by atoms with Crippen molar-refractivity contribution in [2.75, 3.05) is 0 Å². The zero-order valence-electron chi connectivity index (χ0n) is 26.2. The minimum absolute atomic E-state index is 0.527. The first kappa shape index (κ1) is 28.4. The van der Waals surface area contributed by atoms with Crippen LogP contribution in [0.5, 0.6) is 0 Å². The highest BCUT2D eigenvalue weighted by atomic mass is 16.3. The van der Waals surface area contributed by atoms with Crippen LogP contribution in [0, 0.1) is 0 Å². The molecule has 0 unspecified atom stereocenters. The number of nitrogens with zero attached hydrogens (tertiary/aromatic N) is 5. The molecule has 0 spiro atoms. The predicted octanol–water partition coefficient (Wildman–Crippen LogP) is 10.6. The van der Waals surface area contributed by atoms with Crippen LogP contribution in [-0.4, -0.2) is 24.9 Å². The molecular weight excluding hydrogens is 603 g/mol. The van der Waals surface area contributed by atoms with Crippen molar-refractivity contribution in [3.63, 3.8) is 0 Å². The molecule has 6 aromatic carbocycles. The number of aromatic nitrogens is 5. The number of furan rings is 1. The Labute approximate surface area is 282 Å². The molecule has 49 heavy (non-hydrogen) atoms. The molecule has 0 aliphatic heterocycles. The average molecular weight is 630 g/mol. The summed E-state index contributed by atoms with van der Waals surface area (Å²) in [5.41, 5.74) is 8.86. The van der Waals surface area contributed by atoms with E-state index in [2.05, 4.69) is 54.6 Å². The van der Waals surface area contributed by atoms with Crippen molar-refractivity contribution in [2.45, 2.75) is 0 Å². The molecular formula is C43H27N5O. The Balaban J connectivity index is 1.19. The third-order valence-corrected chi connectivity index (χ3v) is 8.59. The van der Waals surface area contributed by atoms with Crippen LogP contribution in [0.1, 0.15) is 0 Å². The van der Waals surface area contributed by atoms with E-state index >= 15 is 0 Å². The Morgan fingerprint density at radius 2 is 0.735 bits per heavy atom. The normalized spacial score (nSPS) is 11.3. The molecule has 6 nitrogen and oxygen atoms in total. The summed E-state index contributed by atoms with van der Waals surface area (Å²) in [6.45, 7) is 0. The second kappa shape index (κ2) is 12.1. The van der Waals surface area contributed by atoms with E-state index in [0.29, 0.717) is 34.6 Å². The van der Waals surface area contributed by atoms with Crippen LogP contribution in [0.25, 0.3) is 90.0 Å². The lowest BCUT2D eigenvalue weighted by Gasteiger charge is -2.09. The monoisotopic (exact) mass is 629 g/mol. The molecule has 0 atom stereocenters. The van der Waals surface area contributed by atoms with E-state index in [4.69, 9.17) is 29.3 Å². The lowest BCUT2D eigenvalue weighted by molar-refractivity contribution is 0.653. The first-order chi connectivity index (χ1) is 24.3. The molecule has 0 fully saturated rings. The van der Waals surface area contributed by atoms with Gasteiger partial charge < -0.3 is 4.42 Å². The second-order valence-corrected chi connectivity index (χ2v) is 11.7. The molecule has 0 aliphatic carbocycles. The maximum Gasteiger partial charge on any atom is 0.231 e. The van der Waals surface area contributed by atoms with Gasteiger partial charge in [0, 0.05) is 33.2 Å². The van der Waals surface area contributed by atoms with Gasteiger partial charge in [-0.15, -0.1) is 0 Å². The standard InChI is InChI=1S/C43H27N5O/c1-5-13-28(14-6-1)29-21-23-33(24-22-29)41-45-40(32-19-11-4-12-20-32)46-42(47-41)34-25-26-35-36(27-34)49-43-37(35)38(30-15-7-2-8-16-30)44-39(48-43)31-17-9-3-10-18-31/h1-27H. The molecule has 0 bridgehead atoms. The molecule has 6 heteroatoms. The quantitative estimate of drug-likeness (QED) is 0.182. The third-order valence-electron chi connectivity index (χ3n) is 8.59. The van der Waals surface area contributed by atoms with Crippen LogP contribution in [0.4, 0.5) is 0 Å². The summed E-state index contributed by atoms with van der Waals surface area (Å²) in [6.07, 6.45) is 0. The number of fused-ring (bicyclic) bond motifs is 3. The molecule has 0 N–H and O–H groups in total. The highest BCUT2D eigenvalue weighted by Crippen LogP contribution is 2.38. The van der Waals surface area contributed by atoms with Gasteiger partial charge in [-0.25, -0.2) is 19.9 Å². The van der Waals surface area contributed by atoms with E-state index in [-0.39, 0.29) is 0 Å². The first-order valence-corrected chi connectivity index (χ1v) is 16.1. The van der Waals surface area contributed by atoms with Crippen LogP contribution in [0.2, 0.25) is 0 Å². The highest BCUT2D eigenvalue weighted by Gasteiger charge is 2.20. The van der Waals surface area contributed by atoms with Gasteiger partial charge in [0.15, 0.2) is 23.3 Å². The average Bonchev–Trinajstić information content (AvgIpc) is 3.57. The lowest BCUT2D eigenvalue weighted by atomic mass is 10.0. The van der Waals surface area contributed by atoms with Crippen molar-refractivity contribution in [3.8, 4) is 67.9 Å². The molecule has 230 valence electrons. The van der Waals surface area contributed by atoms with Crippen molar-refractivity contribution in [1.82, 2.24) is 24.9 Å². The molecule has 3 heterocycles. The lowest BCUT2D eigenvalue weighted by Crippen LogP contribution is -2.00. The Kier molecular flexibility index (Phi) is 7.02. The summed E-state index contributed by atoms with van der Waals surface area (Å²) >= 11 is 0. The Morgan fingerprint density at radius 3 is 1.31 bits per heavy atom. The molecule has 0 radical (unpaired) electrons. The summed E-state index contributed by atoms with van der Waals surface area (Å²) in [7, 11) is 0.